The molecule has 0 atom stereocenters. The van der Waals surface area contributed by atoms with Gasteiger partial charge in [-0.25, -0.2) is 0 Å². The number of hydrogen-bond acceptors (Lipinski definition) is 2. The fourth-order valence-electron chi connectivity index (χ4n) is 2.25. The van der Waals surface area contributed by atoms with Crippen LogP contribution in [0.25, 0.3) is 0 Å². The quantitative estimate of drug-likeness (QED) is 0.535. The Hall–Kier alpha value is -2.04. The fourth-order valence-corrected chi connectivity index (χ4v) is 3.52. The van der Waals surface area contributed by atoms with Crippen molar-refractivity contribution in [2.45, 2.75) is 10.6 Å². The number of carbonyl (C=O) groups is 1. The van der Waals surface area contributed by atoms with Crippen molar-refractivity contribution in [3.8, 4) is 0 Å². The number of benzene rings is 3. The lowest BCUT2D eigenvalue weighted by atomic mass is 10.2. The Morgan fingerprint density at radius 2 is 1.54 bits per heavy atom. The summed E-state index contributed by atoms with van der Waals surface area (Å²) in [7, 11) is 0. The van der Waals surface area contributed by atoms with Crippen LogP contribution in [0.2, 0.25) is 0 Å². The molecular weight excluding hydrogens is 382 g/mol. The molecule has 0 aliphatic rings. The molecule has 4 heteroatoms. The van der Waals surface area contributed by atoms with Crippen molar-refractivity contribution in [2.24, 2.45) is 0 Å². The number of rotatable bonds is 5. The molecule has 3 rings (SSSR count). The molecule has 3 aromatic rings. The molecular formula is C20H16BrNOS. The number of anilines is 1. The first-order valence-electron chi connectivity index (χ1n) is 7.55. The maximum Gasteiger partial charge on any atom is 0.256 e. The minimum Gasteiger partial charge on any atom is -0.322 e. The van der Waals surface area contributed by atoms with Crippen LogP contribution < -0.4 is 5.32 Å². The molecule has 24 heavy (non-hydrogen) atoms. The predicted molar refractivity (Wildman–Crippen MR) is 105 cm³/mol. The fraction of sp³-hybridized carbons (Fsp3) is 0.0500. The maximum absolute atomic E-state index is 12.6. The van der Waals surface area contributed by atoms with E-state index in [4.69, 9.17) is 0 Å². The lowest BCUT2D eigenvalue weighted by Crippen LogP contribution is -2.12. The van der Waals surface area contributed by atoms with E-state index in [1.54, 1.807) is 11.8 Å². The van der Waals surface area contributed by atoms with Crippen molar-refractivity contribution in [3.63, 3.8) is 0 Å². The van der Waals surface area contributed by atoms with E-state index < -0.39 is 0 Å². The van der Waals surface area contributed by atoms with Gasteiger partial charge in [0.25, 0.3) is 5.91 Å². The van der Waals surface area contributed by atoms with Gasteiger partial charge >= 0.3 is 0 Å². The Labute approximate surface area is 154 Å². The third kappa shape index (κ3) is 4.49. The second kappa shape index (κ2) is 8.18. The summed E-state index contributed by atoms with van der Waals surface area (Å²) in [6.45, 7) is 0. The summed E-state index contributed by atoms with van der Waals surface area (Å²) in [5, 5.41) is 2.95. The molecule has 0 bridgehead atoms. The maximum atomic E-state index is 12.6. The summed E-state index contributed by atoms with van der Waals surface area (Å²) >= 11 is 5.07. The van der Waals surface area contributed by atoms with E-state index >= 15 is 0 Å². The standard InChI is InChI=1S/C20H16BrNOS/c21-16-10-12-17(13-11-16)22-20(23)18-8-4-5-9-19(18)24-14-15-6-2-1-3-7-15/h1-13H,14H2,(H,22,23). The molecule has 0 spiro atoms. The largest absolute Gasteiger partial charge is 0.322 e. The zero-order valence-corrected chi connectivity index (χ0v) is 15.3. The average molecular weight is 398 g/mol. The average Bonchev–Trinajstić information content (AvgIpc) is 2.63. The highest BCUT2D eigenvalue weighted by molar-refractivity contribution is 9.10. The van der Waals surface area contributed by atoms with Crippen LogP contribution in [0.3, 0.4) is 0 Å². The van der Waals surface area contributed by atoms with Crippen molar-refractivity contribution in [2.75, 3.05) is 5.32 Å². The first kappa shape index (κ1) is 16.8. The summed E-state index contributed by atoms with van der Waals surface area (Å²) in [5.41, 5.74) is 2.72. The minimum absolute atomic E-state index is 0.0894. The molecule has 2 nitrogen and oxygen atoms in total. The van der Waals surface area contributed by atoms with Gasteiger partial charge in [-0.3, -0.25) is 4.79 Å². The van der Waals surface area contributed by atoms with Gasteiger partial charge < -0.3 is 5.32 Å². The molecule has 0 saturated carbocycles. The van der Waals surface area contributed by atoms with E-state index in [0.717, 1.165) is 20.8 Å². The summed E-state index contributed by atoms with van der Waals surface area (Å²) in [4.78, 5) is 13.6. The molecule has 0 radical (unpaired) electrons. The van der Waals surface area contributed by atoms with Crippen LogP contribution in [-0.2, 0) is 5.75 Å². The number of nitrogens with one attached hydrogen (secondary N) is 1. The highest BCUT2D eigenvalue weighted by Crippen LogP contribution is 2.27. The van der Waals surface area contributed by atoms with Gasteiger partial charge in [-0.15, -0.1) is 11.8 Å². The molecule has 0 aliphatic heterocycles. The molecule has 0 aliphatic carbocycles. The van der Waals surface area contributed by atoms with Gasteiger partial charge in [0.2, 0.25) is 0 Å². The van der Waals surface area contributed by atoms with Crippen LogP contribution >= 0.6 is 27.7 Å². The van der Waals surface area contributed by atoms with Gasteiger partial charge in [0.15, 0.2) is 0 Å². The highest BCUT2D eigenvalue weighted by Gasteiger charge is 2.11. The number of thioether (sulfide) groups is 1. The second-order valence-electron chi connectivity index (χ2n) is 5.23. The van der Waals surface area contributed by atoms with Crippen LogP contribution in [0, 0.1) is 0 Å². The Kier molecular flexibility index (Phi) is 5.72. The molecule has 1 amide bonds. The third-order valence-electron chi connectivity index (χ3n) is 3.47. The van der Waals surface area contributed by atoms with Gasteiger partial charge in [0, 0.05) is 20.8 Å². The molecule has 0 aromatic heterocycles. The van der Waals surface area contributed by atoms with E-state index in [1.165, 1.54) is 5.56 Å². The van der Waals surface area contributed by atoms with Crippen LogP contribution in [0.4, 0.5) is 5.69 Å². The second-order valence-corrected chi connectivity index (χ2v) is 7.16. The van der Waals surface area contributed by atoms with E-state index in [0.29, 0.717) is 5.56 Å². The number of carbonyl (C=O) groups excluding carboxylic acids is 1. The number of halogens is 1. The third-order valence-corrected chi connectivity index (χ3v) is 5.14. The van der Waals surface area contributed by atoms with Gasteiger partial charge in [-0.1, -0.05) is 58.4 Å². The highest BCUT2D eigenvalue weighted by atomic mass is 79.9. The summed E-state index contributed by atoms with van der Waals surface area (Å²) < 4.78 is 0.985. The lowest BCUT2D eigenvalue weighted by molar-refractivity contribution is 0.102. The molecule has 3 aromatic carbocycles. The molecule has 120 valence electrons. The summed E-state index contributed by atoms with van der Waals surface area (Å²) in [5.74, 6) is 0.747. The van der Waals surface area contributed by atoms with E-state index in [1.807, 2.05) is 66.7 Å². The summed E-state index contributed by atoms with van der Waals surface area (Å²) in [6, 6.07) is 25.5. The minimum atomic E-state index is -0.0894. The number of amides is 1. The van der Waals surface area contributed by atoms with Gasteiger partial charge in [-0.2, -0.15) is 0 Å². The Morgan fingerprint density at radius 1 is 0.875 bits per heavy atom. The van der Waals surface area contributed by atoms with Crippen LogP contribution in [0.15, 0.2) is 88.2 Å². The zero-order valence-electron chi connectivity index (χ0n) is 12.9. The predicted octanol–water partition coefficient (Wildman–Crippen LogP) is 5.99. The zero-order chi connectivity index (χ0) is 16.8. The normalized spacial score (nSPS) is 10.4. The molecule has 0 fully saturated rings. The topological polar surface area (TPSA) is 29.1 Å². The monoisotopic (exact) mass is 397 g/mol. The first-order chi connectivity index (χ1) is 11.7. The molecule has 0 saturated heterocycles. The van der Waals surface area contributed by atoms with E-state index in [-0.39, 0.29) is 5.91 Å². The van der Waals surface area contributed by atoms with Crippen molar-refractivity contribution >= 4 is 39.3 Å². The molecule has 1 N–H and O–H groups in total. The van der Waals surface area contributed by atoms with Crippen LogP contribution in [0.1, 0.15) is 15.9 Å². The molecule has 0 unspecified atom stereocenters. The van der Waals surface area contributed by atoms with Gasteiger partial charge in [0.1, 0.15) is 0 Å². The molecule has 0 heterocycles. The van der Waals surface area contributed by atoms with Gasteiger partial charge in [-0.05, 0) is 42.0 Å². The smallest absolute Gasteiger partial charge is 0.256 e. The Morgan fingerprint density at radius 3 is 2.29 bits per heavy atom. The first-order valence-corrected chi connectivity index (χ1v) is 9.33. The van der Waals surface area contributed by atoms with Crippen molar-refractivity contribution < 1.29 is 4.79 Å². The van der Waals surface area contributed by atoms with Gasteiger partial charge in [0.05, 0.1) is 5.56 Å². The Bertz CT molecular complexity index is 819. The van der Waals surface area contributed by atoms with E-state index in [2.05, 4.69) is 33.4 Å². The van der Waals surface area contributed by atoms with Crippen molar-refractivity contribution in [3.05, 3.63) is 94.5 Å². The van der Waals surface area contributed by atoms with E-state index in [9.17, 15) is 4.79 Å². The number of hydrogen-bond donors (Lipinski definition) is 1. The van der Waals surface area contributed by atoms with Crippen LogP contribution in [-0.4, -0.2) is 5.91 Å². The van der Waals surface area contributed by atoms with Crippen LogP contribution in [0.5, 0.6) is 0 Å². The SMILES string of the molecule is O=C(Nc1ccc(Br)cc1)c1ccccc1SCc1ccccc1. The summed E-state index contributed by atoms with van der Waals surface area (Å²) in [6.07, 6.45) is 0. The lowest BCUT2D eigenvalue weighted by Gasteiger charge is -2.10. The Balaban J connectivity index is 1.73. The van der Waals surface area contributed by atoms with Crippen molar-refractivity contribution in [1.29, 1.82) is 0 Å². The van der Waals surface area contributed by atoms with Crippen molar-refractivity contribution in [1.82, 2.24) is 0 Å².